The Kier molecular flexibility index (Phi) is 4.44. The number of anilines is 1. The number of aromatic nitrogens is 2. The number of amides is 1. The number of nitrogens with zero attached hydrogens (tertiary/aromatic N) is 3. The first-order chi connectivity index (χ1) is 15.0. The molecule has 0 aliphatic carbocycles. The highest BCUT2D eigenvalue weighted by molar-refractivity contribution is 7.15. The highest BCUT2D eigenvalue weighted by Crippen LogP contribution is 2.43. The lowest BCUT2D eigenvalue weighted by atomic mass is 9.96. The highest BCUT2D eigenvalue weighted by atomic mass is 32.1. The summed E-state index contributed by atoms with van der Waals surface area (Å²) in [4.78, 5) is 37.5. The molecule has 1 atom stereocenters. The summed E-state index contributed by atoms with van der Waals surface area (Å²) in [6.07, 6.45) is 3.18. The number of ketones is 1. The van der Waals surface area contributed by atoms with Crippen molar-refractivity contribution in [3.8, 4) is 0 Å². The van der Waals surface area contributed by atoms with Gasteiger partial charge in [-0.15, -0.1) is 11.3 Å². The van der Waals surface area contributed by atoms with Crippen molar-refractivity contribution < 1.29 is 19.1 Å². The van der Waals surface area contributed by atoms with Gasteiger partial charge in [0.25, 0.3) is 5.91 Å². The van der Waals surface area contributed by atoms with Crippen molar-refractivity contribution in [2.24, 2.45) is 0 Å². The number of pyridine rings is 1. The number of aliphatic hydroxyl groups excluding tert-OH is 1. The van der Waals surface area contributed by atoms with Crippen molar-refractivity contribution in [2.75, 3.05) is 4.90 Å². The number of thiazole rings is 1. The van der Waals surface area contributed by atoms with Gasteiger partial charge in [-0.05, 0) is 37.6 Å². The lowest BCUT2D eigenvalue weighted by molar-refractivity contribution is -0.117. The van der Waals surface area contributed by atoms with Crippen LogP contribution in [0.5, 0.6) is 0 Å². The minimum Gasteiger partial charge on any atom is -0.503 e. The van der Waals surface area contributed by atoms with Crippen molar-refractivity contribution in [3.05, 3.63) is 88.1 Å². The van der Waals surface area contributed by atoms with Crippen LogP contribution in [0.3, 0.4) is 0 Å². The van der Waals surface area contributed by atoms with Crippen molar-refractivity contribution >= 4 is 39.1 Å². The second-order valence-electron chi connectivity index (χ2n) is 7.24. The van der Waals surface area contributed by atoms with Crippen LogP contribution in [-0.4, -0.2) is 26.8 Å². The van der Waals surface area contributed by atoms with Gasteiger partial charge in [0.05, 0.1) is 17.3 Å². The number of rotatable bonds is 4. The summed E-state index contributed by atoms with van der Waals surface area (Å²) in [6.45, 7) is 3.76. The van der Waals surface area contributed by atoms with E-state index in [-0.39, 0.29) is 11.3 Å². The lowest BCUT2D eigenvalue weighted by Gasteiger charge is -2.23. The topological polar surface area (TPSA) is 96.5 Å². The van der Waals surface area contributed by atoms with Gasteiger partial charge in [0, 0.05) is 22.7 Å². The minimum absolute atomic E-state index is 0.0532. The van der Waals surface area contributed by atoms with Gasteiger partial charge in [-0.3, -0.25) is 19.5 Å². The van der Waals surface area contributed by atoms with Gasteiger partial charge in [0.1, 0.15) is 5.58 Å². The molecule has 1 N–H and O–H groups in total. The number of para-hydroxylation sites is 1. The smallest absolute Gasteiger partial charge is 0.296 e. The van der Waals surface area contributed by atoms with E-state index in [1.807, 2.05) is 32.0 Å². The molecule has 8 heteroatoms. The van der Waals surface area contributed by atoms with E-state index in [0.29, 0.717) is 16.3 Å². The number of hydrogen-bond donors (Lipinski definition) is 1. The molecule has 1 unspecified atom stereocenters. The molecule has 154 valence electrons. The largest absolute Gasteiger partial charge is 0.503 e. The maximum absolute atomic E-state index is 13.5. The summed E-state index contributed by atoms with van der Waals surface area (Å²) in [5.41, 5.74) is 1.87. The van der Waals surface area contributed by atoms with E-state index in [1.165, 1.54) is 16.2 Å². The van der Waals surface area contributed by atoms with E-state index in [1.54, 1.807) is 36.7 Å². The summed E-state index contributed by atoms with van der Waals surface area (Å²) < 4.78 is 5.72. The lowest BCUT2D eigenvalue weighted by Crippen LogP contribution is -2.31. The van der Waals surface area contributed by atoms with Gasteiger partial charge in [0.15, 0.2) is 16.7 Å². The first-order valence-corrected chi connectivity index (χ1v) is 10.4. The number of carbonyl (C=O) groups is 2. The molecule has 0 saturated carbocycles. The van der Waals surface area contributed by atoms with Gasteiger partial charge in [-0.2, -0.15) is 0 Å². The molecular formula is C23H17N3O4S. The number of hydrogen-bond acceptors (Lipinski definition) is 7. The fourth-order valence-electron chi connectivity index (χ4n) is 3.67. The van der Waals surface area contributed by atoms with Crippen LogP contribution in [0.25, 0.3) is 11.0 Å². The highest BCUT2D eigenvalue weighted by Gasteiger charge is 2.46. The molecule has 1 amide bonds. The van der Waals surface area contributed by atoms with Gasteiger partial charge in [-0.25, -0.2) is 4.98 Å². The minimum atomic E-state index is -0.869. The van der Waals surface area contributed by atoms with Crippen LogP contribution < -0.4 is 4.90 Å². The van der Waals surface area contributed by atoms with E-state index < -0.39 is 23.5 Å². The Morgan fingerprint density at radius 1 is 1.19 bits per heavy atom. The summed E-state index contributed by atoms with van der Waals surface area (Å²) >= 11 is 1.33. The molecule has 3 aromatic heterocycles. The number of aryl methyl sites for hydroxylation is 2. The third-order valence-electron chi connectivity index (χ3n) is 5.33. The second kappa shape index (κ2) is 7.17. The van der Waals surface area contributed by atoms with E-state index in [2.05, 4.69) is 9.97 Å². The first kappa shape index (κ1) is 19.2. The molecule has 0 radical (unpaired) electrons. The number of furan rings is 1. The Bertz CT molecular complexity index is 1320. The quantitative estimate of drug-likeness (QED) is 0.471. The van der Waals surface area contributed by atoms with Gasteiger partial charge < -0.3 is 9.52 Å². The second-order valence-corrected chi connectivity index (χ2v) is 8.42. The average Bonchev–Trinajstić information content (AvgIpc) is 3.43. The molecule has 0 bridgehead atoms. The summed E-state index contributed by atoms with van der Waals surface area (Å²) in [7, 11) is 0. The standard InChI is InChI=1S/C23H17N3O4S/c1-12-13(2)31-23(25-12)26-19(15-7-5-9-24-11-15)18(21(28)22(26)29)20(27)17-10-14-6-3-4-8-16(14)30-17/h3-11,19,28H,1-2H3. The third kappa shape index (κ3) is 3.03. The number of aliphatic hydroxyl groups is 1. The van der Waals surface area contributed by atoms with Crippen LogP contribution in [0.15, 0.2) is 70.6 Å². The van der Waals surface area contributed by atoms with Crippen LogP contribution in [0.4, 0.5) is 5.13 Å². The summed E-state index contributed by atoms with van der Waals surface area (Å²) in [5, 5.41) is 12.0. The predicted octanol–water partition coefficient (Wildman–Crippen LogP) is 4.68. The number of fused-ring (bicyclic) bond motifs is 1. The zero-order chi connectivity index (χ0) is 21.7. The Morgan fingerprint density at radius 2 is 2.00 bits per heavy atom. The molecule has 1 aliphatic rings. The number of carbonyl (C=O) groups excluding carboxylic acids is 2. The average molecular weight is 431 g/mol. The van der Waals surface area contributed by atoms with Gasteiger partial charge in [0.2, 0.25) is 5.78 Å². The van der Waals surface area contributed by atoms with Gasteiger partial charge in [-0.1, -0.05) is 24.3 Å². The van der Waals surface area contributed by atoms with Crippen LogP contribution in [0, 0.1) is 13.8 Å². The van der Waals surface area contributed by atoms with Gasteiger partial charge >= 0.3 is 0 Å². The number of Topliss-reactive ketones (excluding diaryl/α,β-unsaturated/α-hetero) is 1. The van der Waals surface area contributed by atoms with Crippen molar-refractivity contribution in [1.82, 2.24) is 9.97 Å². The molecule has 5 rings (SSSR count). The van der Waals surface area contributed by atoms with E-state index in [4.69, 9.17) is 4.42 Å². The molecular weight excluding hydrogens is 414 g/mol. The van der Waals surface area contributed by atoms with Crippen molar-refractivity contribution in [2.45, 2.75) is 19.9 Å². The number of benzene rings is 1. The zero-order valence-electron chi connectivity index (χ0n) is 16.7. The van der Waals surface area contributed by atoms with Crippen LogP contribution >= 0.6 is 11.3 Å². The summed E-state index contributed by atoms with van der Waals surface area (Å²) in [6, 6.07) is 11.5. The van der Waals surface area contributed by atoms with E-state index in [0.717, 1.165) is 16.0 Å². The monoisotopic (exact) mass is 431 g/mol. The Morgan fingerprint density at radius 3 is 2.68 bits per heavy atom. The maximum atomic E-state index is 13.5. The van der Waals surface area contributed by atoms with E-state index >= 15 is 0 Å². The molecule has 0 spiro atoms. The molecule has 31 heavy (non-hydrogen) atoms. The van der Waals surface area contributed by atoms with Crippen molar-refractivity contribution in [3.63, 3.8) is 0 Å². The summed E-state index contributed by atoms with van der Waals surface area (Å²) in [5.74, 6) is -1.78. The molecule has 4 heterocycles. The third-order valence-corrected chi connectivity index (χ3v) is 6.40. The van der Waals surface area contributed by atoms with Crippen LogP contribution in [0.2, 0.25) is 0 Å². The Hall–Kier alpha value is -3.78. The zero-order valence-corrected chi connectivity index (χ0v) is 17.5. The predicted molar refractivity (Wildman–Crippen MR) is 116 cm³/mol. The maximum Gasteiger partial charge on any atom is 0.296 e. The Labute approximate surface area is 181 Å². The molecule has 0 fully saturated rings. The van der Waals surface area contributed by atoms with E-state index in [9.17, 15) is 14.7 Å². The fraction of sp³-hybridized carbons (Fsp3) is 0.130. The molecule has 7 nitrogen and oxygen atoms in total. The molecule has 1 aromatic carbocycles. The fourth-order valence-corrected chi connectivity index (χ4v) is 4.61. The molecule has 1 aliphatic heterocycles. The molecule has 0 saturated heterocycles. The van der Waals surface area contributed by atoms with Crippen LogP contribution in [0.1, 0.15) is 32.7 Å². The first-order valence-electron chi connectivity index (χ1n) is 9.59. The van der Waals surface area contributed by atoms with Crippen molar-refractivity contribution in [1.29, 1.82) is 0 Å². The molecule has 4 aromatic rings. The normalized spacial score (nSPS) is 16.5. The SMILES string of the molecule is Cc1nc(N2C(=O)C(O)=C(C(=O)c3cc4ccccc4o3)C2c2cccnc2)sc1C. The van der Waals surface area contributed by atoms with Crippen LogP contribution in [-0.2, 0) is 4.79 Å². The Balaban J connectivity index is 1.66.